The fourth-order valence-electron chi connectivity index (χ4n) is 1.08. The van der Waals surface area contributed by atoms with Gasteiger partial charge in [0.05, 0.1) is 20.8 Å². The number of fused-ring (bicyclic) bond motifs is 1. The van der Waals surface area contributed by atoms with Crippen molar-refractivity contribution >= 4 is 39.1 Å². The van der Waals surface area contributed by atoms with Gasteiger partial charge in [-0.1, -0.05) is 11.6 Å². The molecule has 13 heavy (non-hydrogen) atoms. The molecule has 0 saturated heterocycles. The van der Waals surface area contributed by atoms with Gasteiger partial charge in [0.2, 0.25) is 0 Å². The molecule has 0 unspecified atom stereocenters. The van der Waals surface area contributed by atoms with Gasteiger partial charge in [0.15, 0.2) is 0 Å². The number of halogens is 1. The Morgan fingerprint density at radius 1 is 1.62 bits per heavy atom. The van der Waals surface area contributed by atoms with Crippen LogP contribution in [-0.4, -0.2) is 10.9 Å². The second-order valence-corrected chi connectivity index (χ2v) is 3.77. The predicted molar refractivity (Wildman–Crippen MR) is 53.1 cm³/mol. The average molecular weight is 213 g/mol. The Labute approximate surface area is 83.1 Å². The van der Waals surface area contributed by atoms with E-state index in [9.17, 15) is 4.79 Å². The fraction of sp³-hybridized carbons (Fsp3) is 0. The summed E-state index contributed by atoms with van der Waals surface area (Å²) in [5.41, 5.74) is 6.18. The normalized spacial score (nSPS) is 10.5. The highest BCUT2D eigenvalue weighted by atomic mass is 35.5. The SMILES string of the molecule is NC(=O)c1csc2c(Cl)ccnc12. The summed E-state index contributed by atoms with van der Waals surface area (Å²) in [6, 6.07) is 1.69. The molecule has 3 nitrogen and oxygen atoms in total. The van der Waals surface area contributed by atoms with Gasteiger partial charge in [-0.3, -0.25) is 9.78 Å². The summed E-state index contributed by atoms with van der Waals surface area (Å²) in [5.74, 6) is -0.471. The number of carbonyl (C=O) groups excluding carboxylic acids is 1. The lowest BCUT2D eigenvalue weighted by Crippen LogP contribution is -2.10. The smallest absolute Gasteiger partial charge is 0.251 e. The lowest BCUT2D eigenvalue weighted by atomic mass is 10.2. The van der Waals surface area contributed by atoms with Crippen LogP contribution < -0.4 is 5.73 Å². The number of primary amides is 1. The van der Waals surface area contributed by atoms with Crippen molar-refractivity contribution in [3.05, 3.63) is 28.2 Å². The Morgan fingerprint density at radius 3 is 3.08 bits per heavy atom. The summed E-state index contributed by atoms with van der Waals surface area (Å²) >= 11 is 7.27. The van der Waals surface area contributed by atoms with Crippen LogP contribution in [0, 0.1) is 0 Å². The van der Waals surface area contributed by atoms with Crippen LogP contribution in [0.2, 0.25) is 5.02 Å². The van der Waals surface area contributed by atoms with Crippen molar-refractivity contribution in [2.45, 2.75) is 0 Å². The highest BCUT2D eigenvalue weighted by Gasteiger charge is 2.11. The van der Waals surface area contributed by atoms with Crippen molar-refractivity contribution < 1.29 is 4.79 Å². The van der Waals surface area contributed by atoms with E-state index < -0.39 is 5.91 Å². The summed E-state index contributed by atoms with van der Waals surface area (Å²) in [4.78, 5) is 15.0. The van der Waals surface area contributed by atoms with Crippen LogP contribution in [0.1, 0.15) is 10.4 Å². The lowest BCUT2D eigenvalue weighted by molar-refractivity contribution is 0.100. The topological polar surface area (TPSA) is 56.0 Å². The highest BCUT2D eigenvalue weighted by Crippen LogP contribution is 2.29. The number of rotatable bonds is 1. The molecule has 2 rings (SSSR count). The van der Waals surface area contributed by atoms with Gasteiger partial charge in [0, 0.05) is 11.6 Å². The maximum atomic E-state index is 10.9. The van der Waals surface area contributed by atoms with E-state index in [-0.39, 0.29) is 0 Å². The quantitative estimate of drug-likeness (QED) is 0.787. The second kappa shape index (κ2) is 2.97. The first-order valence-corrected chi connectivity index (χ1v) is 4.77. The molecule has 2 N–H and O–H groups in total. The molecule has 1 amide bonds. The maximum Gasteiger partial charge on any atom is 0.251 e. The van der Waals surface area contributed by atoms with Crippen LogP contribution in [0.4, 0.5) is 0 Å². The molecule has 0 radical (unpaired) electrons. The molecule has 0 aliphatic heterocycles. The monoisotopic (exact) mass is 212 g/mol. The minimum absolute atomic E-state index is 0.433. The molecule has 0 spiro atoms. The summed E-state index contributed by atoms with van der Waals surface area (Å²) in [6.07, 6.45) is 1.56. The highest BCUT2D eigenvalue weighted by molar-refractivity contribution is 7.18. The summed E-state index contributed by atoms with van der Waals surface area (Å²) in [5, 5.41) is 2.27. The molecule has 2 aromatic rings. The van der Waals surface area contributed by atoms with E-state index >= 15 is 0 Å². The molecule has 0 aromatic carbocycles. The Hall–Kier alpha value is -1.13. The van der Waals surface area contributed by atoms with E-state index in [0.29, 0.717) is 16.1 Å². The third-order valence-corrected chi connectivity index (χ3v) is 3.10. The van der Waals surface area contributed by atoms with Crippen molar-refractivity contribution in [3.63, 3.8) is 0 Å². The number of amides is 1. The van der Waals surface area contributed by atoms with Crippen LogP contribution in [0.3, 0.4) is 0 Å². The molecular weight excluding hydrogens is 208 g/mol. The number of nitrogens with zero attached hydrogens (tertiary/aromatic N) is 1. The number of thiophene rings is 1. The number of aromatic nitrogens is 1. The number of hydrogen-bond acceptors (Lipinski definition) is 3. The molecule has 0 atom stereocenters. The minimum atomic E-state index is -0.471. The zero-order valence-corrected chi connectivity index (χ0v) is 8.02. The summed E-state index contributed by atoms with van der Waals surface area (Å²) in [7, 11) is 0. The summed E-state index contributed by atoms with van der Waals surface area (Å²) in [6.45, 7) is 0. The van der Waals surface area contributed by atoms with Gasteiger partial charge in [-0.25, -0.2) is 0 Å². The third-order valence-electron chi connectivity index (χ3n) is 1.67. The molecular formula is C8H5ClN2OS. The number of nitrogens with two attached hydrogens (primary N) is 1. The van der Waals surface area contributed by atoms with Gasteiger partial charge < -0.3 is 5.73 Å². The molecule has 0 aliphatic rings. The fourth-order valence-corrected chi connectivity index (χ4v) is 2.27. The van der Waals surface area contributed by atoms with Crippen molar-refractivity contribution in [2.24, 2.45) is 5.73 Å². The van der Waals surface area contributed by atoms with E-state index in [4.69, 9.17) is 17.3 Å². The maximum absolute atomic E-state index is 10.9. The van der Waals surface area contributed by atoms with E-state index in [1.54, 1.807) is 17.6 Å². The van der Waals surface area contributed by atoms with Gasteiger partial charge >= 0.3 is 0 Å². The Balaban J connectivity index is 2.83. The molecule has 0 aliphatic carbocycles. The first-order chi connectivity index (χ1) is 6.20. The van der Waals surface area contributed by atoms with Crippen LogP contribution in [-0.2, 0) is 0 Å². The van der Waals surface area contributed by atoms with Crippen LogP contribution in [0.5, 0.6) is 0 Å². The van der Waals surface area contributed by atoms with Gasteiger partial charge in [-0.2, -0.15) is 0 Å². The number of carbonyl (C=O) groups is 1. The van der Waals surface area contributed by atoms with Gasteiger partial charge in [-0.15, -0.1) is 11.3 Å². The van der Waals surface area contributed by atoms with Crippen molar-refractivity contribution in [1.29, 1.82) is 0 Å². The van der Waals surface area contributed by atoms with Crippen LogP contribution in [0.15, 0.2) is 17.6 Å². The van der Waals surface area contributed by atoms with Crippen LogP contribution in [0.25, 0.3) is 10.2 Å². The van der Waals surface area contributed by atoms with Gasteiger partial charge in [0.1, 0.15) is 0 Å². The van der Waals surface area contributed by atoms with E-state index in [0.717, 1.165) is 4.70 Å². The molecule has 0 saturated carbocycles. The van der Waals surface area contributed by atoms with Crippen molar-refractivity contribution in [2.75, 3.05) is 0 Å². The predicted octanol–water partition coefficient (Wildman–Crippen LogP) is 2.05. The largest absolute Gasteiger partial charge is 0.366 e. The molecule has 2 aromatic heterocycles. The number of pyridine rings is 1. The zero-order chi connectivity index (χ0) is 9.42. The first kappa shape index (κ1) is 8.47. The molecule has 0 fully saturated rings. The lowest BCUT2D eigenvalue weighted by Gasteiger charge is -1.93. The minimum Gasteiger partial charge on any atom is -0.366 e. The van der Waals surface area contributed by atoms with E-state index in [1.165, 1.54) is 11.3 Å². The average Bonchev–Trinajstić information content (AvgIpc) is 2.48. The Morgan fingerprint density at radius 2 is 2.38 bits per heavy atom. The van der Waals surface area contributed by atoms with Crippen molar-refractivity contribution in [3.8, 4) is 0 Å². The molecule has 66 valence electrons. The summed E-state index contributed by atoms with van der Waals surface area (Å²) < 4.78 is 0.804. The zero-order valence-electron chi connectivity index (χ0n) is 6.45. The first-order valence-electron chi connectivity index (χ1n) is 3.51. The van der Waals surface area contributed by atoms with Crippen LogP contribution >= 0.6 is 22.9 Å². The second-order valence-electron chi connectivity index (χ2n) is 2.48. The number of hydrogen-bond donors (Lipinski definition) is 1. The van der Waals surface area contributed by atoms with Gasteiger partial charge in [-0.05, 0) is 6.07 Å². The van der Waals surface area contributed by atoms with E-state index in [2.05, 4.69) is 4.98 Å². The molecule has 2 heterocycles. The van der Waals surface area contributed by atoms with Crippen molar-refractivity contribution in [1.82, 2.24) is 4.98 Å². The molecule has 5 heteroatoms. The third kappa shape index (κ3) is 1.28. The Kier molecular flexibility index (Phi) is 1.94. The van der Waals surface area contributed by atoms with Gasteiger partial charge in [0.25, 0.3) is 5.91 Å². The van der Waals surface area contributed by atoms with E-state index in [1.807, 2.05) is 0 Å². The Bertz CT molecular complexity index is 480. The standard InChI is InChI=1S/C8H5ClN2OS/c9-5-1-2-11-6-4(8(10)12)3-13-7(5)6/h1-3H,(H2,10,12). The molecule has 0 bridgehead atoms.